The van der Waals surface area contributed by atoms with E-state index in [4.69, 9.17) is 27.8 Å². The number of para-hydroxylation sites is 2. The Labute approximate surface area is 451 Å². The van der Waals surface area contributed by atoms with Gasteiger partial charge < -0.3 is 33.1 Å². The van der Waals surface area contributed by atoms with Crippen LogP contribution in [0.3, 0.4) is 0 Å². The number of pyridine rings is 1. The molecule has 14 nitrogen and oxygen atoms in total. The molecule has 0 fully saturated rings. The zero-order valence-electron chi connectivity index (χ0n) is 47.6. The van der Waals surface area contributed by atoms with Crippen LogP contribution in [0.2, 0.25) is 0 Å². The Bertz CT molecular complexity index is 3580. The molecule has 408 valence electrons. The van der Waals surface area contributed by atoms with Crippen molar-refractivity contribution >= 4 is 39.0 Å². The number of methoxy groups -OCH3 is 2. The minimum atomic E-state index is -0.398. The zero-order chi connectivity index (χ0) is 57.0. The highest BCUT2D eigenvalue weighted by atomic mass is 16.5. The van der Waals surface area contributed by atoms with Gasteiger partial charge in [-0.15, -0.1) is 0 Å². The standard InChI is InChI=1S/C12H19N.C11H16O.C9H9NO2.2C8H7NO2.C8H10O2.C7H9N/c1-5-13-11-8-6-10(7-9-11)12(2,3)4;1-11(2,3)9-6-5-7-10(8-9)12-4;1-6-4-3-5-7-8(6)12-9(11)10(7)2;1-5-2-3-6-7(4-5)11-8(10)9-6;1-5-3-2-4-6-7(5)11-8(10)9-6;1-6-3-4-7(10-2)5-8(6)9;1-6-3-7(2)5-8-4-6/h6-9,13H,5H2,1-4H3;5-8H,1-4H3;3-5H,1-2H3;2*2-4H,1H3,(H,9,10);3-5,9H,1-2H3;3-5H,1-2H3. The molecule has 0 bridgehead atoms. The van der Waals surface area contributed by atoms with Gasteiger partial charge in [-0.05, 0) is 158 Å². The van der Waals surface area contributed by atoms with Crippen molar-refractivity contribution < 1.29 is 27.8 Å². The fraction of sp³-hybridized carbons (Fsp3) is 0.302. The third-order valence-electron chi connectivity index (χ3n) is 11.7. The maximum absolute atomic E-state index is 11.1. The predicted octanol–water partition coefficient (Wildman–Crippen LogP) is 14.1. The maximum Gasteiger partial charge on any atom is 0.419 e. The number of ether oxygens (including phenoxy) is 2. The molecule has 0 atom stereocenters. The topological polar surface area (TPSA) is 191 Å². The summed E-state index contributed by atoms with van der Waals surface area (Å²) in [6, 6.07) is 41.1. The van der Waals surface area contributed by atoms with Crippen LogP contribution in [0.15, 0.2) is 167 Å². The van der Waals surface area contributed by atoms with Gasteiger partial charge in [-0.25, -0.2) is 14.4 Å². The summed E-state index contributed by atoms with van der Waals surface area (Å²) in [5, 5.41) is 12.4. The molecule has 0 spiro atoms. The highest BCUT2D eigenvalue weighted by Crippen LogP contribution is 2.26. The van der Waals surface area contributed by atoms with Gasteiger partial charge >= 0.3 is 17.3 Å². The van der Waals surface area contributed by atoms with Crippen molar-refractivity contribution in [3.8, 4) is 17.2 Å². The van der Waals surface area contributed by atoms with E-state index in [0.29, 0.717) is 22.5 Å². The van der Waals surface area contributed by atoms with E-state index < -0.39 is 11.5 Å². The lowest BCUT2D eigenvalue weighted by molar-refractivity contribution is 0.407. The molecule has 77 heavy (non-hydrogen) atoms. The van der Waals surface area contributed by atoms with Crippen molar-refractivity contribution in [3.05, 3.63) is 216 Å². The van der Waals surface area contributed by atoms with Crippen LogP contribution in [-0.4, -0.2) is 45.4 Å². The molecule has 0 amide bonds. The van der Waals surface area contributed by atoms with Crippen LogP contribution >= 0.6 is 0 Å². The molecule has 0 aliphatic carbocycles. The second-order valence-corrected chi connectivity index (χ2v) is 20.4. The minimum Gasteiger partial charge on any atom is -0.508 e. The monoisotopic (exact) mass is 1050 g/mol. The first-order valence-electron chi connectivity index (χ1n) is 25.3. The Balaban J connectivity index is 0.000000195. The van der Waals surface area contributed by atoms with Crippen LogP contribution in [0.4, 0.5) is 5.69 Å². The summed E-state index contributed by atoms with van der Waals surface area (Å²) in [7, 11) is 4.97. The van der Waals surface area contributed by atoms with Gasteiger partial charge in [0.05, 0.1) is 30.8 Å². The average Bonchev–Trinajstić information content (AvgIpc) is 4.06. The van der Waals surface area contributed by atoms with Gasteiger partial charge in [0.15, 0.2) is 16.7 Å². The summed E-state index contributed by atoms with van der Waals surface area (Å²) >= 11 is 0. The lowest BCUT2D eigenvalue weighted by Crippen LogP contribution is -2.10. The first-order valence-corrected chi connectivity index (χ1v) is 25.3. The fourth-order valence-corrected chi connectivity index (χ4v) is 7.26. The molecule has 0 unspecified atom stereocenters. The molecule has 14 heteroatoms. The number of hydrogen-bond donors (Lipinski definition) is 4. The number of rotatable bonds is 4. The number of phenolic OH excluding ortho intramolecular Hbond substituents is 1. The fourth-order valence-electron chi connectivity index (χ4n) is 7.26. The minimum absolute atomic E-state index is 0.203. The van der Waals surface area contributed by atoms with Crippen LogP contribution in [0.25, 0.3) is 33.3 Å². The van der Waals surface area contributed by atoms with E-state index in [1.165, 1.54) is 32.5 Å². The van der Waals surface area contributed by atoms with Gasteiger partial charge in [-0.2, -0.15) is 0 Å². The number of hydrogen-bond acceptors (Lipinski definition) is 11. The highest BCUT2D eigenvalue weighted by molar-refractivity contribution is 5.76. The number of fused-ring (bicyclic) bond motifs is 3. The lowest BCUT2D eigenvalue weighted by atomic mass is 9.87. The van der Waals surface area contributed by atoms with Crippen molar-refractivity contribution in [2.75, 3.05) is 26.1 Å². The second-order valence-electron chi connectivity index (χ2n) is 20.4. The largest absolute Gasteiger partial charge is 0.508 e. The van der Waals surface area contributed by atoms with Crippen LogP contribution in [0, 0.1) is 41.5 Å². The van der Waals surface area contributed by atoms with Crippen molar-refractivity contribution in [3.63, 3.8) is 0 Å². The second kappa shape index (κ2) is 28.4. The number of H-pyrrole nitrogens is 2. The number of benzene rings is 6. The van der Waals surface area contributed by atoms with Gasteiger partial charge in [0.1, 0.15) is 17.2 Å². The molecule has 6 aromatic carbocycles. The Morgan fingerprint density at radius 1 is 0.571 bits per heavy atom. The number of nitrogens with zero attached hydrogens (tertiary/aromatic N) is 2. The number of aryl methyl sites for hydroxylation is 7. The van der Waals surface area contributed by atoms with Crippen LogP contribution in [0.1, 0.15) is 93.0 Å². The highest BCUT2D eigenvalue weighted by Gasteiger charge is 2.14. The van der Waals surface area contributed by atoms with Crippen molar-refractivity contribution in [1.29, 1.82) is 0 Å². The Kier molecular flexibility index (Phi) is 22.5. The van der Waals surface area contributed by atoms with Gasteiger partial charge in [0.2, 0.25) is 0 Å². The van der Waals surface area contributed by atoms with E-state index in [2.05, 4.69) is 111 Å². The number of nitrogens with one attached hydrogen (secondary N) is 3. The summed E-state index contributed by atoms with van der Waals surface area (Å²) in [6.45, 7) is 28.1. The predicted molar refractivity (Wildman–Crippen MR) is 313 cm³/mol. The van der Waals surface area contributed by atoms with Crippen molar-refractivity contribution in [1.82, 2.24) is 19.5 Å². The number of oxazole rings is 3. The third kappa shape index (κ3) is 19.3. The molecular weight excluding hydrogens is 971 g/mol. The SMILES string of the molecule is CCNc1ccc(C(C)(C)C)cc1.COc1ccc(C)c(O)c1.COc1cccc(C(C)(C)C)c1.Cc1ccc2[nH]c(=O)oc2c1.Cc1cccc2[nH]c(=O)oc12.Cc1cccc2c1oc(=O)n2C.Cc1cncc(C)c1. The number of aromatic hydroxyl groups is 1. The van der Waals surface area contributed by atoms with E-state index in [0.717, 1.165) is 51.1 Å². The summed E-state index contributed by atoms with van der Waals surface area (Å²) in [5.74, 6) is 0.795. The Morgan fingerprint density at radius 2 is 1.14 bits per heavy atom. The van der Waals surface area contributed by atoms with E-state index in [1.54, 1.807) is 27.3 Å². The van der Waals surface area contributed by atoms with Crippen LogP contribution in [0.5, 0.6) is 17.2 Å². The van der Waals surface area contributed by atoms with Crippen molar-refractivity contribution in [2.45, 2.75) is 101 Å². The molecule has 4 aromatic heterocycles. The first-order chi connectivity index (χ1) is 36.3. The molecule has 10 aromatic rings. The van der Waals surface area contributed by atoms with E-state index in [1.807, 2.05) is 133 Å². The Hall–Kier alpha value is -8.52. The molecule has 0 saturated heterocycles. The molecule has 0 aliphatic rings. The first kappa shape index (κ1) is 61.0. The lowest BCUT2D eigenvalue weighted by Gasteiger charge is -2.19. The van der Waals surface area contributed by atoms with Gasteiger partial charge in [0.25, 0.3) is 0 Å². The van der Waals surface area contributed by atoms with Crippen LogP contribution in [-0.2, 0) is 17.9 Å². The maximum atomic E-state index is 11.1. The Morgan fingerprint density at radius 3 is 1.69 bits per heavy atom. The van der Waals surface area contributed by atoms with Crippen molar-refractivity contribution in [2.24, 2.45) is 7.05 Å². The summed E-state index contributed by atoms with van der Waals surface area (Å²) in [5.41, 5.74) is 15.0. The zero-order valence-corrected chi connectivity index (χ0v) is 47.6. The number of phenols is 1. The molecular formula is C63H77N5O9. The van der Waals surface area contributed by atoms with Gasteiger partial charge in [-0.1, -0.05) is 108 Å². The molecule has 4 N–H and O–H groups in total. The molecule has 10 rings (SSSR count). The number of anilines is 1. The number of aromatic nitrogens is 4. The third-order valence-corrected chi connectivity index (χ3v) is 11.7. The normalized spacial score (nSPS) is 10.6. The van der Waals surface area contributed by atoms with E-state index in [-0.39, 0.29) is 22.3 Å². The summed E-state index contributed by atoms with van der Waals surface area (Å²) < 4.78 is 26.3. The summed E-state index contributed by atoms with van der Waals surface area (Å²) in [6.07, 6.45) is 3.71. The van der Waals surface area contributed by atoms with Gasteiger partial charge in [-0.3, -0.25) is 19.5 Å². The number of aromatic amines is 2. The summed E-state index contributed by atoms with van der Waals surface area (Å²) in [4.78, 5) is 41.6. The quantitative estimate of drug-likeness (QED) is 0.131. The van der Waals surface area contributed by atoms with Gasteiger partial charge in [0, 0.05) is 37.7 Å². The van der Waals surface area contributed by atoms with E-state index >= 15 is 0 Å². The van der Waals surface area contributed by atoms with Crippen LogP contribution < -0.4 is 32.1 Å². The van der Waals surface area contributed by atoms with E-state index in [9.17, 15) is 14.4 Å². The average molecular weight is 1050 g/mol. The molecule has 0 radical (unpaired) electrons. The molecule has 4 heterocycles. The smallest absolute Gasteiger partial charge is 0.419 e. The molecule has 0 aliphatic heterocycles. The molecule has 0 saturated carbocycles.